The van der Waals surface area contributed by atoms with Crippen LogP contribution in [0, 0.1) is 13.8 Å². The number of carboxylic acids is 1. The van der Waals surface area contributed by atoms with Gasteiger partial charge in [0, 0.05) is 11.6 Å². The first kappa shape index (κ1) is 12.9. The number of hydrogen-bond acceptors (Lipinski definition) is 5. The van der Waals surface area contributed by atoms with Gasteiger partial charge in [-0.3, -0.25) is 0 Å². The molecule has 0 aliphatic heterocycles. The molecule has 1 heterocycles. The number of ether oxygens (including phenoxy) is 1. The number of aromatic carboxylic acids is 1. The van der Waals surface area contributed by atoms with Crippen molar-refractivity contribution < 1.29 is 24.3 Å². The van der Waals surface area contributed by atoms with Crippen LogP contribution >= 0.6 is 0 Å². The number of rotatable bonds is 3. The third kappa shape index (κ3) is 2.12. The standard InChI is InChI=1S/C13H13NO5/c1-6-4-8(11(15)12(18-3)7(6)2)9-5-10(13(16)17)19-14-9/h4-5,15H,1-3H3,(H,16,17). The third-order valence-corrected chi connectivity index (χ3v) is 2.96. The van der Waals surface area contributed by atoms with Gasteiger partial charge in [-0.05, 0) is 31.0 Å². The van der Waals surface area contributed by atoms with Gasteiger partial charge in [-0.25, -0.2) is 4.79 Å². The van der Waals surface area contributed by atoms with E-state index in [9.17, 15) is 9.90 Å². The Morgan fingerprint density at radius 2 is 2.05 bits per heavy atom. The molecule has 0 atom stereocenters. The minimum atomic E-state index is -1.21. The van der Waals surface area contributed by atoms with Crippen molar-refractivity contribution in [2.45, 2.75) is 13.8 Å². The Kier molecular flexibility index (Phi) is 3.16. The van der Waals surface area contributed by atoms with E-state index in [0.29, 0.717) is 11.3 Å². The average molecular weight is 263 g/mol. The van der Waals surface area contributed by atoms with E-state index >= 15 is 0 Å². The largest absolute Gasteiger partial charge is 0.504 e. The Bertz CT molecular complexity index is 645. The Morgan fingerprint density at radius 3 is 2.58 bits per heavy atom. The van der Waals surface area contributed by atoms with Crippen LogP contribution in [-0.4, -0.2) is 28.4 Å². The van der Waals surface area contributed by atoms with Gasteiger partial charge in [0.1, 0.15) is 5.69 Å². The van der Waals surface area contributed by atoms with Crippen LogP contribution < -0.4 is 4.74 Å². The highest BCUT2D eigenvalue weighted by Gasteiger charge is 2.19. The number of aromatic nitrogens is 1. The lowest BCUT2D eigenvalue weighted by Crippen LogP contribution is -1.94. The summed E-state index contributed by atoms with van der Waals surface area (Å²) in [5, 5.41) is 22.6. The van der Waals surface area contributed by atoms with Crippen LogP contribution in [0.15, 0.2) is 16.7 Å². The number of phenols is 1. The van der Waals surface area contributed by atoms with Crippen LogP contribution in [0.2, 0.25) is 0 Å². The van der Waals surface area contributed by atoms with Crippen molar-refractivity contribution in [3.63, 3.8) is 0 Å². The van der Waals surface area contributed by atoms with Gasteiger partial charge in [-0.1, -0.05) is 5.16 Å². The Balaban J connectivity index is 2.61. The monoisotopic (exact) mass is 263 g/mol. The lowest BCUT2D eigenvalue weighted by Gasteiger charge is -2.12. The molecule has 0 amide bonds. The van der Waals surface area contributed by atoms with Gasteiger partial charge in [0.2, 0.25) is 5.76 Å². The Hall–Kier alpha value is -2.50. The number of hydrogen-bond donors (Lipinski definition) is 2. The normalized spacial score (nSPS) is 10.5. The van der Waals surface area contributed by atoms with Crippen LogP contribution in [0.1, 0.15) is 21.7 Å². The summed E-state index contributed by atoms with van der Waals surface area (Å²) in [6.45, 7) is 3.68. The van der Waals surface area contributed by atoms with Gasteiger partial charge in [-0.15, -0.1) is 0 Å². The van der Waals surface area contributed by atoms with Crippen LogP contribution in [-0.2, 0) is 0 Å². The van der Waals surface area contributed by atoms with Crippen molar-refractivity contribution in [2.75, 3.05) is 7.11 Å². The summed E-state index contributed by atoms with van der Waals surface area (Å²) < 4.78 is 9.83. The molecule has 0 aliphatic rings. The van der Waals surface area contributed by atoms with Crippen LogP contribution in [0.5, 0.6) is 11.5 Å². The number of aryl methyl sites for hydroxylation is 1. The predicted octanol–water partition coefficient (Wildman–Crippen LogP) is 2.37. The van der Waals surface area contributed by atoms with Crippen molar-refractivity contribution in [3.05, 3.63) is 29.0 Å². The number of carbonyl (C=O) groups is 1. The van der Waals surface area contributed by atoms with Crippen LogP contribution in [0.3, 0.4) is 0 Å². The summed E-state index contributed by atoms with van der Waals surface area (Å²) in [7, 11) is 1.46. The number of aromatic hydroxyl groups is 1. The molecule has 0 bridgehead atoms. The van der Waals surface area contributed by atoms with E-state index in [1.165, 1.54) is 13.2 Å². The molecule has 0 aliphatic carbocycles. The zero-order valence-corrected chi connectivity index (χ0v) is 10.7. The molecular formula is C13H13NO5. The molecular weight excluding hydrogens is 250 g/mol. The molecule has 2 aromatic rings. The molecule has 0 saturated carbocycles. The molecule has 1 aromatic heterocycles. The zero-order valence-electron chi connectivity index (χ0n) is 10.7. The lowest BCUT2D eigenvalue weighted by molar-refractivity contribution is 0.0652. The van der Waals surface area contributed by atoms with Gasteiger partial charge in [0.25, 0.3) is 0 Å². The fourth-order valence-corrected chi connectivity index (χ4v) is 1.82. The molecule has 100 valence electrons. The van der Waals surface area contributed by atoms with Gasteiger partial charge >= 0.3 is 5.97 Å². The van der Waals surface area contributed by atoms with E-state index in [4.69, 9.17) is 9.84 Å². The maximum atomic E-state index is 10.8. The molecule has 2 N–H and O–H groups in total. The number of phenolic OH excluding ortho intramolecular Hbond substituents is 1. The minimum Gasteiger partial charge on any atom is -0.504 e. The van der Waals surface area contributed by atoms with E-state index in [1.54, 1.807) is 6.07 Å². The highest BCUT2D eigenvalue weighted by atomic mass is 16.5. The van der Waals surface area contributed by atoms with Gasteiger partial charge in [-0.2, -0.15) is 0 Å². The van der Waals surface area contributed by atoms with E-state index < -0.39 is 5.97 Å². The average Bonchev–Trinajstić information content (AvgIpc) is 2.84. The quantitative estimate of drug-likeness (QED) is 0.883. The van der Waals surface area contributed by atoms with Crippen molar-refractivity contribution in [3.8, 4) is 22.8 Å². The molecule has 6 heteroatoms. The van der Waals surface area contributed by atoms with Gasteiger partial charge in [0.15, 0.2) is 11.5 Å². The molecule has 0 unspecified atom stereocenters. The van der Waals surface area contributed by atoms with Crippen molar-refractivity contribution in [2.24, 2.45) is 0 Å². The maximum absolute atomic E-state index is 10.8. The summed E-state index contributed by atoms with van der Waals surface area (Å²) >= 11 is 0. The van der Waals surface area contributed by atoms with Crippen molar-refractivity contribution in [1.29, 1.82) is 0 Å². The fraction of sp³-hybridized carbons (Fsp3) is 0.231. The van der Waals surface area contributed by atoms with E-state index in [-0.39, 0.29) is 17.2 Å². The number of nitrogens with zero attached hydrogens (tertiary/aromatic N) is 1. The maximum Gasteiger partial charge on any atom is 0.374 e. The molecule has 0 fully saturated rings. The molecule has 6 nitrogen and oxygen atoms in total. The molecule has 0 radical (unpaired) electrons. The molecule has 19 heavy (non-hydrogen) atoms. The van der Waals surface area contributed by atoms with E-state index in [2.05, 4.69) is 9.68 Å². The second kappa shape index (κ2) is 4.64. The first-order valence-corrected chi connectivity index (χ1v) is 5.53. The zero-order chi connectivity index (χ0) is 14.2. The summed E-state index contributed by atoms with van der Waals surface area (Å²) in [4.78, 5) is 10.8. The first-order valence-electron chi connectivity index (χ1n) is 5.53. The van der Waals surface area contributed by atoms with Crippen molar-refractivity contribution >= 4 is 5.97 Å². The Morgan fingerprint density at radius 1 is 1.37 bits per heavy atom. The lowest BCUT2D eigenvalue weighted by atomic mass is 10.0. The van der Waals surface area contributed by atoms with E-state index in [1.807, 2.05) is 13.8 Å². The van der Waals surface area contributed by atoms with Gasteiger partial charge < -0.3 is 19.5 Å². The Labute approximate surface area is 109 Å². The predicted molar refractivity (Wildman–Crippen MR) is 66.6 cm³/mol. The molecule has 0 saturated heterocycles. The second-order valence-electron chi connectivity index (χ2n) is 4.13. The SMILES string of the molecule is COc1c(C)c(C)cc(-c2cc(C(=O)O)on2)c1O. The number of methoxy groups -OCH3 is 1. The molecule has 1 aromatic carbocycles. The van der Waals surface area contributed by atoms with Crippen LogP contribution in [0.4, 0.5) is 0 Å². The third-order valence-electron chi connectivity index (χ3n) is 2.96. The van der Waals surface area contributed by atoms with E-state index in [0.717, 1.165) is 11.1 Å². The highest BCUT2D eigenvalue weighted by Crippen LogP contribution is 2.40. The fourth-order valence-electron chi connectivity index (χ4n) is 1.82. The summed E-state index contributed by atoms with van der Waals surface area (Å²) in [5.74, 6) is -1.24. The smallest absolute Gasteiger partial charge is 0.374 e. The van der Waals surface area contributed by atoms with Gasteiger partial charge in [0.05, 0.1) is 7.11 Å². The molecule has 0 spiro atoms. The van der Waals surface area contributed by atoms with Crippen molar-refractivity contribution in [1.82, 2.24) is 5.16 Å². The number of carboxylic acid groups (broad SMARTS) is 1. The summed E-state index contributed by atoms with van der Waals surface area (Å²) in [6.07, 6.45) is 0. The minimum absolute atomic E-state index is 0.0872. The topological polar surface area (TPSA) is 92.8 Å². The molecule has 2 rings (SSSR count). The first-order chi connectivity index (χ1) is 8.95. The second-order valence-corrected chi connectivity index (χ2v) is 4.13. The van der Waals surface area contributed by atoms with Crippen LogP contribution in [0.25, 0.3) is 11.3 Å². The highest BCUT2D eigenvalue weighted by molar-refractivity contribution is 5.86. The summed E-state index contributed by atoms with van der Waals surface area (Å²) in [5.41, 5.74) is 2.32. The summed E-state index contributed by atoms with van der Waals surface area (Å²) in [6, 6.07) is 2.96. The number of benzene rings is 1.